The SMILES string of the molecule is N#Cc1ccc(CSc2nc3ccccc3c(=O)n2-c2cccc(C(=O)O)c2)cc1. The zero-order chi connectivity index (χ0) is 21.1. The molecule has 30 heavy (non-hydrogen) atoms. The molecule has 3 aromatic carbocycles. The Morgan fingerprint density at radius 3 is 2.57 bits per heavy atom. The maximum atomic E-state index is 13.3. The predicted molar refractivity (Wildman–Crippen MR) is 115 cm³/mol. The van der Waals surface area contributed by atoms with Crippen molar-refractivity contribution in [3.05, 3.63) is 99.8 Å². The van der Waals surface area contributed by atoms with Crippen LogP contribution in [0.5, 0.6) is 0 Å². The number of aromatic nitrogens is 2. The highest BCUT2D eigenvalue weighted by molar-refractivity contribution is 7.98. The van der Waals surface area contributed by atoms with Crippen molar-refractivity contribution in [3.8, 4) is 11.8 Å². The molecule has 0 aliphatic carbocycles. The van der Waals surface area contributed by atoms with Crippen molar-refractivity contribution in [3.63, 3.8) is 0 Å². The number of aromatic carboxylic acids is 1. The Balaban J connectivity index is 1.82. The number of hydrogen-bond donors (Lipinski definition) is 1. The predicted octanol–water partition coefficient (Wildman–Crippen LogP) is 4.25. The number of hydrogen-bond acceptors (Lipinski definition) is 5. The molecule has 0 spiro atoms. The van der Waals surface area contributed by atoms with Crippen molar-refractivity contribution in [2.45, 2.75) is 10.9 Å². The number of thioether (sulfide) groups is 1. The largest absolute Gasteiger partial charge is 0.478 e. The van der Waals surface area contributed by atoms with E-state index < -0.39 is 5.97 Å². The van der Waals surface area contributed by atoms with Crippen LogP contribution in [0.15, 0.2) is 82.7 Å². The van der Waals surface area contributed by atoms with E-state index in [9.17, 15) is 14.7 Å². The highest BCUT2D eigenvalue weighted by Crippen LogP contribution is 2.25. The molecule has 0 fully saturated rings. The first-order chi connectivity index (χ1) is 14.6. The molecular weight excluding hydrogens is 398 g/mol. The van der Waals surface area contributed by atoms with Gasteiger partial charge in [-0.1, -0.05) is 42.1 Å². The summed E-state index contributed by atoms with van der Waals surface area (Å²) < 4.78 is 1.45. The molecule has 1 N–H and O–H groups in total. The third-order valence-electron chi connectivity index (χ3n) is 4.55. The molecule has 0 aliphatic rings. The van der Waals surface area contributed by atoms with Crippen LogP contribution in [0.3, 0.4) is 0 Å². The standard InChI is InChI=1S/C23H15N3O3S/c24-13-15-8-10-16(11-9-15)14-30-23-25-20-7-2-1-6-19(20)21(27)26(23)18-5-3-4-17(12-18)22(28)29/h1-12H,14H2,(H,28,29). The molecule has 0 saturated carbocycles. The monoisotopic (exact) mass is 413 g/mol. The minimum atomic E-state index is -1.06. The van der Waals surface area contributed by atoms with Crippen molar-refractivity contribution in [2.24, 2.45) is 0 Å². The fourth-order valence-corrected chi connectivity index (χ4v) is 4.01. The number of nitrogens with zero attached hydrogens (tertiary/aromatic N) is 3. The Morgan fingerprint density at radius 1 is 1.07 bits per heavy atom. The Morgan fingerprint density at radius 2 is 1.83 bits per heavy atom. The van der Waals surface area contributed by atoms with E-state index >= 15 is 0 Å². The first-order valence-corrected chi connectivity index (χ1v) is 10.0. The second kappa shape index (κ2) is 8.23. The fraction of sp³-hybridized carbons (Fsp3) is 0.0435. The van der Waals surface area contributed by atoms with E-state index in [0.717, 1.165) is 5.56 Å². The van der Waals surface area contributed by atoms with Crippen LogP contribution >= 0.6 is 11.8 Å². The molecular formula is C23H15N3O3S. The lowest BCUT2D eigenvalue weighted by Gasteiger charge is -2.14. The quantitative estimate of drug-likeness (QED) is 0.388. The van der Waals surface area contributed by atoms with Crippen LogP contribution in [0.2, 0.25) is 0 Å². The summed E-state index contributed by atoms with van der Waals surface area (Å²) in [6, 6.07) is 22.6. The van der Waals surface area contributed by atoms with Gasteiger partial charge in [0, 0.05) is 5.75 Å². The summed E-state index contributed by atoms with van der Waals surface area (Å²) in [7, 11) is 0. The minimum Gasteiger partial charge on any atom is -0.478 e. The number of benzene rings is 3. The van der Waals surface area contributed by atoms with E-state index in [1.807, 2.05) is 18.2 Å². The van der Waals surface area contributed by atoms with E-state index in [0.29, 0.717) is 33.1 Å². The van der Waals surface area contributed by atoms with Crippen molar-refractivity contribution in [2.75, 3.05) is 0 Å². The van der Waals surface area contributed by atoms with Crippen LogP contribution in [0.1, 0.15) is 21.5 Å². The molecule has 4 aromatic rings. The molecule has 4 rings (SSSR count). The maximum absolute atomic E-state index is 13.3. The average molecular weight is 413 g/mol. The molecule has 0 atom stereocenters. The molecule has 0 amide bonds. The molecule has 6 nitrogen and oxygen atoms in total. The summed E-state index contributed by atoms with van der Waals surface area (Å²) >= 11 is 1.37. The molecule has 146 valence electrons. The summed E-state index contributed by atoms with van der Waals surface area (Å²) in [5.41, 5.74) is 2.42. The summed E-state index contributed by atoms with van der Waals surface area (Å²) in [6.45, 7) is 0. The van der Waals surface area contributed by atoms with Crippen LogP contribution < -0.4 is 5.56 Å². The van der Waals surface area contributed by atoms with Gasteiger partial charge in [0.25, 0.3) is 5.56 Å². The second-order valence-corrected chi connectivity index (χ2v) is 7.45. The molecule has 0 bridgehead atoms. The van der Waals surface area contributed by atoms with Gasteiger partial charge in [0.1, 0.15) is 0 Å². The third-order valence-corrected chi connectivity index (χ3v) is 5.56. The van der Waals surface area contributed by atoms with Gasteiger partial charge in [-0.2, -0.15) is 5.26 Å². The Kier molecular flexibility index (Phi) is 5.33. The van der Waals surface area contributed by atoms with Crippen LogP contribution in [-0.2, 0) is 5.75 Å². The van der Waals surface area contributed by atoms with Crippen molar-refractivity contribution in [1.82, 2.24) is 9.55 Å². The Labute approximate surface area is 176 Å². The van der Waals surface area contributed by atoms with Crippen LogP contribution in [-0.4, -0.2) is 20.6 Å². The summed E-state index contributed by atoms with van der Waals surface area (Å²) in [6.07, 6.45) is 0. The highest BCUT2D eigenvalue weighted by Gasteiger charge is 2.15. The van der Waals surface area contributed by atoms with Gasteiger partial charge in [-0.15, -0.1) is 0 Å². The lowest BCUT2D eigenvalue weighted by molar-refractivity contribution is 0.0697. The lowest BCUT2D eigenvalue weighted by Crippen LogP contribution is -2.22. The molecule has 7 heteroatoms. The topological polar surface area (TPSA) is 96.0 Å². The number of fused-ring (bicyclic) bond motifs is 1. The maximum Gasteiger partial charge on any atom is 0.335 e. The molecule has 1 aromatic heterocycles. The fourth-order valence-electron chi connectivity index (χ4n) is 3.04. The summed E-state index contributed by atoms with van der Waals surface area (Å²) in [5, 5.41) is 19.2. The zero-order valence-electron chi connectivity index (χ0n) is 15.6. The van der Waals surface area contributed by atoms with Gasteiger partial charge in [0.05, 0.1) is 33.8 Å². The first kappa shape index (κ1) is 19.4. The summed E-state index contributed by atoms with van der Waals surface area (Å²) in [5.74, 6) is -0.528. The van der Waals surface area contributed by atoms with Gasteiger partial charge < -0.3 is 5.11 Å². The molecule has 0 aliphatic heterocycles. The van der Waals surface area contributed by atoms with Crippen molar-refractivity contribution < 1.29 is 9.90 Å². The average Bonchev–Trinajstić information content (AvgIpc) is 2.78. The minimum absolute atomic E-state index is 0.0931. The van der Waals surface area contributed by atoms with E-state index in [1.165, 1.54) is 28.5 Å². The highest BCUT2D eigenvalue weighted by atomic mass is 32.2. The Hall–Kier alpha value is -3.89. The normalized spacial score (nSPS) is 10.6. The van der Waals surface area contributed by atoms with Crippen LogP contribution in [0.4, 0.5) is 0 Å². The second-order valence-electron chi connectivity index (χ2n) is 6.50. The van der Waals surface area contributed by atoms with Gasteiger partial charge in [-0.3, -0.25) is 9.36 Å². The van der Waals surface area contributed by atoms with E-state index in [-0.39, 0.29) is 11.1 Å². The lowest BCUT2D eigenvalue weighted by atomic mass is 10.2. The van der Waals surface area contributed by atoms with Crippen LogP contribution in [0.25, 0.3) is 16.6 Å². The first-order valence-electron chi connectivity index (χ1n) is 9.04. The van der Waals surface area contributed by atoms with Gasteiger partial charge >= 0.3 is 5.97 Å². The van der Waals surface area contributed by atoms with Gasteiger partial charge in [0.2, 0.25) is 0 Å². The number of nitriles is 1. The molecule has 0 radical (unpaired) electrons. The number of rotatable bonds is 5. The van der Waals surface area contributed by atoms with E-state index in [1.54, 1.807) is 42.5 Å². The van der Waals surface area contributed by atoms with Crippen molar-refractivity contribution in [1.29, 1.82) is 5.26 Å². The number of para-hydroxylation sites is 1. The number of carboxylic acid groups (broad SMARTS) is 1. The van der Waals surface area contributed by atoms with E-state index in [2.05, 4.69) is 11.1 Å². The zero-order valence-corrected chi connectivity index (χ0v) is 16.5. The smallest absolute Gasteiger partial charge is 0.335 e. The molecule has 1 heterocycles. The van der Waals surface area contributed by atoms with Crippen LogP contribution in [0, 0.1) is 11.3 Å². The van der Waals surface area contributed by atoms with Gasteiger partial charge in [-0.25, -0.2) is 9.78 Å². The Bertz CT molecular complexity index is 1350. The van der Waals surface area contributed by atoms with Gasteiger partial charge in [-0.05, 0) is 48.0 Å². The number of carboxylic acids is 1. The molecule has 0 unspecified atom stereocenters. The molecule has 0 saturated heterocycles. The number of carbonyl (C=O) groups is 1. The summed E-state index contributed by atoms with van der Waals surface area (Å²) in [4.78, 5) is 29.3. The third kappa shape index (κ3) is 3.81. The van der Waals surface area contributed by atoms with Crippen molar-refractivity contribution >= 4 is 28.6 Å². The van der Waals surface area contributed by atoms with Gasteiger partial charge in [0.15, 0.2) is 5.16 Å². The van der Waals surface area contributed by atoms with E-state index in [4.69, 9.17) is 5.26 Å².